The number of anilines is 2. The largest absolute Gasteiger partial charge is 0.506 e. The van der Waals surface area contributed by atoms with Gasteiger partial charge in [-0.2, -0.15) is 0 Å². The molecule has 7 nitrogen and oxygen atoms in total. The Bertz CT molecular complexity index is 974. The molecule has 3 rings (SSSR count). The monoisotopic (exact) mass is 363 g/mol. The van der Waals surface area contributed by atoms with E-state index in [0.717, 1.165) is 17.2 Å². The van der Waals surface area contributed by atoms with Crippen molar-refractivity contribution in [3.63, 3.8) is 0 Å². The number of aromatic hydroxyl groups is 1. The number of hydrogen-bond donors (Lipinski definition) is 3. The number of benzene rings is 3. The predicted molar refractivity (Wildman–Crippen MR) is 103 cm³/mol. The SMILES string of the molecule is O=C(Nc1ccc([N+](=O)[O-])cc1O)Nc1ccccc1Cc1ccccc1. The lowest BCUT2D eigenvalue weighted by Crippen LogP contribution is -2.20. The summed E-state index contributed by atoms with van der Waals surface area (Å²) in [5, 5.41) is 25.8. The molecular weight excluding hydrogens is 346 g/mol. The summed E-state index contributed by atoms with van der Waals surface area (Å²) >= 11 is 0. The van der Waals surface area contributed by atoms with Crippen LogP contribution in [-0.2, 0) is 6.42 Å². The summed E-state index contributed by atoms with van der Waals surface area (Å²) in [6, 6.07) is 20.2. The van der Waals surface area contributed by atoms with Gasteiger partial charge in [-0.3, -0.25) is 10.1 Å². The van der Waals surface area contributed by atoms with Crippen LogP contribution < -0.4 is 10.6 Å². The Morgan fingerprint density at radius 1 is 0.926 bits per heavy atom. The average molecular weight is 363 g/mol. The van der Waals surface area contributed by atoms with Gasteiger partial charge >= 0.3 is 6.03 Å². The fourth-order valence-electron chi connectivity index (χ4n) is 2.63. The van der Waals surface area contributed by atoms with Crippen LogP contribution in [0.25, 0.3) is 0 Å². The lowest BCUT2D eigenvalue weighted by Gasteiger charge is -2.13. The van der Waals surface area contributed by atoms with Crippen LogP contribution in [0, 0.1) is 10.1 Å². The molecule has 27 heavy (non-hydrogen) atoms. The summed E-state index contributed by atoms with van der Waals surface area (Å²) in [7, 11) is 0. The van der Waals surface area contributed by atoms with Gasteiger partial charge in [0.25, 0.3) is 5.69 Å². The summed E-state index contributed by atoms with van der Waals surface area (Å²) < 4.78 is 0. The van der Waals surface area contributed by atoms with E-state index in [1.165, 1.54) is 12.1 Å². The second kappa shape index (κ2) is 8.01. The summed E-state index contributed by atoms with van der Waals surface area (Å²) in [6.07, 6.45) is 0.653. The maximum atomic E-state index is 12.3. The normalized spacial score (nSPS) is 10.2. The smallest absolute Gasteiger partial charge is 0.323 e. The molecule has 7 heteroatoms. The van der Waals surface area contributed by atoms with Crippen LogP contribution in [0.2, 0.25) is 0 Å². The molecule has 0 aliphatic carbocycles. The van der Waals surface area contributed by atoms with Gasteiger partial charge < -0.3 is 15.7 Å². The molecule has 0 heterocycles. The van der Waals surface area contributed by atoms with Gasteiger partial charge in [0.2, 0.25) is 0 Å². The Balaban J connectivity index is 1.72. The first-order valence-corrected chi connectivity index (χ1v) is 8.20. The number of hydrogen-bond acceptors (Lipinski definition) is 4. The number of carbonyl (C=O) groups is 1. The number of nitrogens with zero attached hydrogens (tertiary/aromatic N) is 1. The topological polar surface area (TPSA) is 104 Å². The van der Waals surface area contributed by atoms with Crippen LogP contribution in [0.15, 0.2) is 72.8 Å². The third-order valence-electron chi connectivity index (χ3n) is 3.94. The zero-order chi connectivity index (χ0) is 19.2. The molecular formula is C20H17N3O4. The number of carbonyl (C=O) groups excluding carboxylic acids is 1. The van der Waals surface area contributed by atoms with Gasteiger partial charge in [-0.15, -0.1) is 0 Å². The molecule has 136 valence electrons. The van der Waals surface area contributed by atoms with E-state index in [9.17, 15) is 20.0 Å². The number of non-ortho nitro benzene ring substituents is 1. The molecule has 0 aliphatic heterocycles. The highest BCUT2D eigenvalue weighted by atomic mass is 16.6. The number of phenolic OH excluding ortho intramolecular Hbond substituents is 1. The predicted octanol–water partition coefficient (Wildman–Crippen LogP) is 4.54. The minimum absolute atomic E-state index is 0.0821. The molecule has 0 radical (unpaired) electrons. The van der Waals surface area contributed by atoms with Gasteiger partial charge in [0.05, 0.1) is 16.7 Å². The van der Waals surface area contributed by atoms with Crippen molar-refractivity contribution in [2.75, 3.05) is 10.6 Å². The number of urea groups is 1. The average Bonchev–Trinajstić information content (AvgIpc) is 2.65. The third kappa shape index (κ3) is 4.60. The molecule has 3 aromatic carbocycles. The highest BCUT2D eigenvalue weighted by Gasteiger charge is 2.13. The number of rotatable bonds is 5. The van der Waals surface area contributed by atoms with E-state index >= 15 is 0 Å². The molecule has 0 atom stereocenters. The molecule has 0 bridgehead atoms. The van der Waals surface area contributed by atoms with Gasteiger partial charge in [-0.25, -0.2) is 4.79 Å². The molecule has 0 unspecified atom stereocenters. The minimum atomic E-state index is -0.622. The third-order valence-corrected chi connectivity index (χ3v) is 3.94. The molecule has 0 fully saturated rings. The Morgan fingerprint density at radius 3 is 2.30 bits per heavy atom. The first-order chi connectivity index (χ1) is 13.0. The van der Waals surface area contributed by atoms with E-state index in [4.69, 9.17) is 0 Å². The minimum Gasteiger partial charge on any atom is -0.506 e. The first-order valence-electron chi connectivity index (χ1n) is 8.20. The van der Waals surface area contributed by atoms with Crippen LogP contribution in [0.5, 0.6) is 5.75 Å². The first kappa shape index (κ1) is 17.9. The van der Waals surface area contributed by atoms with E-state index in [-0.39, 0.29) is 17.1 Å². The molecule has 0 aliphatic rings. The van der Waals surface area contributed by atoms with E-state index in [1.54, 1.807) is 6.07 Å². The fourth-order valence-corrected chi connectivity index (χ4v) is 2.63. The lowest BCUT2D eigenvalue weighted by molar-refractivity contribution is -0.384. The number of nitrogens with one attached hydrogen (secondary N) is 2. The van der Waals surface area contributed by atoms with Crippen molar-refractivity contribution in [1.29, 1.82) is 0 Å². The lowest BCUT2D eigenvalue weighted by atomic mass is 10.0. The Morgan fingerprint density at radius 2 is 1.59 bits per heavy atom. The quantitative estimate of drug-likeness (QED) is 0.352. The summed E-state index contributed by atoms with van der Waals surface area (Å²) in [5.74, 6) is -0.378. The van der Waals surface area contributed by atoms with E-state index in [1.807, 2.05) is 48.5 Å². The zero-order valence-corrected chi connectivity index (χ0v) is 14.3. The molecule has 3 N–H and O–H groups in total. The van der Waals surface area contributed by atoms with Gasteiger partial charge in [-0.1, -0.05) is 48.5 Å². The van der Waals surface area contributed by atoms with Crippen molar-refractivity contribution < 1.29 is 14.8 Å². The van der Waals surface area contributed by atoms with E-state index < -0.39 is 11.0 Å². The van der Waals surface area contributed by atoms with Crippen LogP contribution >= 0.6 is 0 Å². The number of nitro benzene ring substituents is 1. The van der Waals surface area contributed by atoms with Gasteiger partial charge in [-0.05, 0) is 29.7 Å². The standard InChI is InChI=1S/C20H17N3O4/c24-19-13-16(23(26)27)10-11-18(19)22-20(25)21-17-9-5-4-8-15(17)12-14-6-2-1-3-7-14/h1-11,13,24H,12H2,(H2,21,22,25). The fraction of sp³-hybridized carbons (Fsp3) is 0.0500. The number of nitro groups is 1. The maximum absolute atomic E-state index is 12.3. The van der Waals surface area contributed by atoms with Crippen LogP contribution in [-0.4, -0.2) is 16.1 Å². The Hall–Kier alpha value is -3.87. The molecule has 0 aromatic heterocycles. The van der Waals surface area contributed by atoms with Gasteiger partial charge in [0.15, 0.2) is 0 Å². The molecule has 0 saturated heterocycles. The highest BCUT2D eigenvalue weighted by Crippen LogP contribution is 2.28. The maximum Gasteiger partial charge on any atom is 0.323 e. The number of phenols is 1. The van der Waals surface area contributed by atoms with E-state index in [0.29, 0.717) is 12.1 Å². The van der Waals surface area contributed by atoms with Crippen LogP contribution in [0.3, 0.4) is 0 Å². The highest BCUT2D eigenvalue weighted by molar-refractivity contribution is 6.01. The van der Waals surface area contributed by atoms with Gasteiger partial charge in [0, 0.05) is 11.8 Å². The summed E-state index contributed by atoms with van der Waals surface area (Å²) in [4.78, 5) is 22.4. The molecule has 3 aromatic rings. The van der Waals surface area contributed by atoms with Crippen molar-refractivity contribution >= 4 is 23.1 Å². The number of para-hydroxylation sites is 1. The number of amides is 2. The summed E-state index contributed by atoms with van der Waals surface area (Å²) in [6.45, 7) is 0. The van der Waals surface area contributed by atoms with Crippen molar-refractivity contribution in [3.8, 4) is 5.75 Å². The van der Waals surface area contributed by atoms with E-state index in [2.05, 4.69) is 10.6 Å². The Kier molecular flexibility index (Phi) is 5.32. The molecule has 0 spiro atoms. The second-order valence-electron chi connectivity index (χ2n) is 5.86. The van der Waals surface area contributed by atoms with Gasteiger partial charge in [0.1, 0.15) is 5.75 Å². The van der Waals surface area contributed by atoms with Crippen molar-refractivity contribution in [3.05, 3.63) is 94.0 Å². The molecule has 2 amide bonds. The molecule has 0 saturated carbocycles. The Labute approximate surface area is 155 Å². The summed E-state index contributed by atoms with van der Waals surface area (Å²) in [5.41, 5.74) is 2.51. The van der Waals surface area contributed by atoms with Crippen molar-refractivity contribution in [2.24, 2.45) is 0 Å². The van der Waals surface area contributed by atoms with Crippen LogP contribution in [0.1, 0.15) is 11.1 Å². The van der Waals surface area contributed by atoms with Crippen molar-refractivity contribution in [2.45, 2.75) is 6.42 Å². The zero-order valence-electron chi connectivity index (χ0n) is 14.3. The van der Waals surface area contributed by atoms with Crippen LogP contribution in [0.4, 0.5) is 21.9 Å². The van der Waals surface area contributed by atoms with Crippen molar-refractivity contribution in [1.82, 2.24) is 0 Å². The second-order valence-corrected chi connectivity index (χ2v) is 5.86.